The first-order valence-electron chi connectivity index (χ1n) is 9.54. The SMILES string of the molecule is CC1CC(CNC(=O)OCC2c3ccccc3-c3ccccc32)CCN1. The van der Waals surface area contributed by atoms with Crippen LogP contribution in [0.1, 0.15) is 36.8 Å². The highest BCUT2D eigenvalue weighted by molar-refractivity contribution is 5.79. The van der Waals surface area contributed by atoms with E-state index in [9.17, 15) is 4.79 Å². The van der Waals surface area contributed by atoms with Crippen molar-refractivity contribution in [1.29, 1.82) is 0 Å². The lowest BCUT2D eigenvalue weighted by Crippen LogP contribution is -2.40. The molecule has 136 valence electrons. The second-order valence-corrected chi connectivity index (χ2v) is 7.45. The van der Waals surface area contributed by atoms with Gasteiger partial charge < -0.3 is 15.4 Å². The molecule has 1 amide bonds. The van der Waals surface area contributed by atoms with E-state index in [0.717, 1.165) is 19.4 Å². The fourth-order valence-electron chi connectivity index (χ4n) is 4.30. The van der Waals surface area contributed by atoms with Crippen molar-refractivity contribution >= 4 is 6.09 Å². The molecule has 4 rings (SSSR count). The third-order valence-corrected chi connectivity index (χ3v) is 5.61. The summed E-state index contributed by atoms with van der Waals surface area (Å²) in [6.45, 7) is 4.29. The third-order valence-electron chi connectivity index (χ3n) is 5.61. The predicted molar refractivity (Wildman–Crippen MR) is 103 cm³/mol. The molecule has 1 aliphatic heterocycles. The number of hydrogen-bond donors (Lipinski definition) is 2. The molecular formula is C22H26N2O2. The summed E-state index contributed by atoms with van der Waals surface area (Å²) in [5, 5.41) is 6.39. The van der Waals surface area contributed by atoms with Crippen LogP contribution in [-0.2, 0) is 4.74 Å². The number of rotatable bonds is 4. The number of fused-ring (bicyclic) bond motifs is 3. The number of nitrogens with one attached hydrogen (secondary N) is 2. The van der Waals surface area contributed by atoms with Gasteiger partial charge in [-0.15, -0.1) is 0 Å². The maximum atomic E-state index is 12.2. The van der Waals surface area contributed by atoms with Crippen molar-refractivity contribution in [2.24, 2.45) is 5.92 Å². The third kappa shape index (κ3) is 3.47. The number of carbonyl (C=O) groups excluding carboxylic acids is 1. The summed E-state index contributed by atoms with van der Waals surface area (Å²) in [7, 11) is 0. The van der Waals surface area contributed by atoms with Crippen molar-refractivity contribution < 1.29 is 9.53 Å². The average molecular weight is 350 g/mol. The van der Waals surface area contributed by atoms with Gasteiger partial charge in [-0.25, -0.2) is 4.79 Å². The molecular weight excluding hydrogens is 324 g/mol. The first-order valence-corrected chi connectivity index (χ1v) is 9.54. The second-order valence-electron chi connectivity index (χ2n) is 7.45. The van der Waals surface area contributed by atoms with Gasteiger partial charge >= 0.3 is 6.09 Å². The standard InChI is InChI=1S/C22H26N2O2/c1-15-12-16(10-11-23-15)13-24-22(25)26-14-21-19-8-4-2-6-17(19)18-7-3-5-9-20(18)21/h2-9,15-16,21,23H,10-14H2,1H3,(H,24,25). The summed E-state index contributed by atoms with van der Waals surface area (Å²) in [4.78, 5) is 12.2. The average Bonchev–Trinajstić information content (AvgIpc) is 2.99. The van der Waals surface area contributed by atoms with E-state index < -0.39 is 0 Å². The van der Waals surface area contributed by atoms with E-state index >= 15 is 0 Å². The maximum absolute atomic E-state index is 12.2. The largest absolute Gasteiger partial charge is 0.449 e. The van der Waals surface area contributed by atoms with E-state index in [1.165, 1.54) is 22.3 Å². The van der Waals surface area contributed by atoms with E-state index in [1.54, 1.807) is 0 Å². The normalized spacial score (nSPS) is 21.7. The minimum Gasteiger partial charge on any atom is -0.449 e. The molecule has 1 fully saturated rings. The Bertz CT molecular complexity index is 744. The van der Waals surface area contributed by atoms with Gasteiger partial charge in [0.2, 0.25) is 0 Å². The first-order chi connectivity index (χ1) is 12.7. The number of benzene rings is 2. The van der Waals surface area contributed by atoms with Gasteiger partial charge in [0.05, 0.1) is 0 Å². The maximum Gasteiger partial charge on any atom is 0.407 e. The second kappa shape index (κ2) is 7.50. The monoisotopic (exact) mass is 350 g/mol. The Morgan fingerprint density at radius 2 is 1.77 bits per heavy atom. The molecule has 4 nitrogen and oxygen atoms in total. The molecule has 0 aromatic heterocycles. The molecule has 26 heavy (non-hydrogen) atoms. The molecule has 0 spiro atoms. The minimum absolute atomic E-state index is 0.118. The van der Waals surface area contributed by atoms with Crippen LogP contribution in [0.2, 0.25) is 0 Å². The number of hydrogen-bond acceptors (Lipinski definition) is 3. The zero-order valence-electron chi connectivity index (χ0n) is 15.2. The lowest BCUT2D eigenvalue weighted by molar-refractivity contribution is 0.139. The topological polar surface area (TPSA) is 50.4 Å². The van der Waals surface area contributed by atoms with Crippen LogP contribution in [0, 0.1) is 5.92 Å². The predicted octanol–water partition coefficient (Wildman–Crippen LogP) is 3.91. The molecule has 2 unspecified atom stereocenters. The van der Waals surface area contributed by atoms with Crippen molar-refractivity contribution in [3.63, 3.8) is 0 Å². The van der Waals surface area contributed by atoms with Gasteiger partial charge in [0.15, 0.2) is 0 Å². The van der Waals surface area contributed by atoms with Gasteiger partial charge in [-0.3, -0.25) is 0 Å². The van der Waals surface area contributed by atoms with Crippen LogP contribution in [0.3, 0.4) is 0 Å². The molecule has 0 bridgehead atoms. The number of piperidine rings is 1. The molecule has 2 atom stereocenters. The van der Waals surface area contributed by atoms with Crippen molar-refractivity contribution in [1.82, 2.24) is 10.6 Å². The molecule has 0 radical (unpaired) electrons. The van der Waals surface area contributed by atoms with E-state index in [4.69, 9.17) is 4.74 Å². The van der Waals surface area contributed by atoms with Crippen molar-refractivity contribution in [3.8, 4) is 11.1 Å². The van der Waals surface area contributed by atoms with Gasteiger partial charge in [0.1, 0.15) is 6.61 Å². The lowest BCUT2D eigenvalue weighted by Gasteiger charge is -2.28. The van der Waals surface area contributed by atoms with E-state index in [1.807, 2.05) is 0 Å². The van der Waals surface area contributed by atoms with Gasteiger partial charge in [-0.2, -0.15) is 0 Å². The Hall–Kier alpha value is -2.33. The minimum atomic E-state index is -0.307. The van der Waals surface area contributed by atoms with E-state index in [2.05, 4.69) is 66.1 Å². The summed E-state index contributed by atoms with van der Waals surface area (Å²) in [5.41, 5.74) is 4.99. The Kier molecular flexibility index (Phi) is 4.93. The van der Waals surface area contributed by atoms with Crippen LogP contribution in [0.4, 0.5) is 4.79 Å². The van der Waals surface area contributed by atoms with Gasteiger partial charge in [0, 0.05) is 18.5 Å². The summed E-state index contributed by atoms with van der Waals surface area (Å²) >= 11 is 0. The Labute approximate surface area is 155 Å². The van der Waals surface area contributed by atoms with Crippen molar-refractivity contribution in [3.05, 3.63) is 59.7 Å². The molecule has 2 N–H and O–H groups in total. The van der Waals surface area contributed by atoms with Crippen LogP contribution in [0.15, 0.2) is 48.5 Å². The number of ether oxygens (including phenoxy) is 1. The zero-order chi connectivity index (χ0) is 17.9. The molecule has 4 heteroatoms. The fourth-order valence-corrected chi connectivity index (χ4v) is 4.30. The molecule has 1 saturated heterocycles. The number of carbonyl (C=O) groups is 1. The van der Waals surface area contributed by atoms with Crippen LogP contribution in [0.5, 0.6) is 0 Å². The highest BCUT2D eigenvalue weighted by Crippen LogP contribution is 2.44. The van der Waals surface area contributed by atoms with Gasteiger partial charge in [-0.1, -0.05) is 48.5 Å². The van der Waals surface area contributed by atoms with Crippen LogP contribution in [-0.4, -0.2) is 31.8 Å². The van der Waals surface area contributed by atoms with Crippen LogP contribution in [0.25, 0.3) is 11.1 Å². The van der Waals surface area contributed by atoms with E-state index in [0.29, 0.717) is 25.1 Å². The molecule has 1 heterocycles. The van der Waals surface area contributed by atoms with Gasteiger partial charge in [-0.05, 0) is 54.5 Å². The highest BCUT2D eigenvalue weighted by Gasteiger charge is 2.29. The van der Waals surface area contributed by atoms with Crippen molar-refractivity contribution in [2.45, 2.75) is 31.7 Å². The molecule has 2 aromatic carbocycles. The smallest absolute Gasteiger partial charge is 0.407 e. The Morgan fingerprint density at radius 1 is 1.12 bits per heavy atom. The molecule has 2 aromatic rings. The van der Waals surface area contributed by atoms with Crippen LogP contribution < -0.4 is 10.6 Å². The molecule has 2 aliphatic rings. The Morgan fingerprint density at radius 3 is 2.42 bits per heavy atom. The summed E-state index contributed by atoms with van der Waals surface area (Å²) in [6.07, 6.45) is 1.90. The zero-order valence-corrected chi connectivity index (χ0v) is 15.2. The fraction of sp³-hybridized carbons (Fsp3) is 0.409. The highest BCUT2D eigenvalue weighted by atomic mass is 16.5. The van der Waals surface area contributed by atoms with Crippen molar-refractivity contribution in [2.75, 3.05) is 19.7 Å². The summed E-state index contributed by atoms with van der Waals surface area (Å²) in [5.74, 6) is 0.652. The summed E-state index contributed by atoms with van der Waals surface area (Å²) < 4.78 is 5.59. The molecule has 0 saturated carbocycles. The Balaban J connectivity index is 1.36. The first kappa shape index (κ1) is 17.1. The van der Waals surface area contributed by atoms with E-state index in [-0.39, 0.29) is 12.0 Å². The quantitative estimate of drug-likeness (QED) is 0.879. The number of amides is 1. The number of alkyl carbamates (subject to hydrolysis) is 1. The van der Waals surface area contributed by atoms with Crippen LogP contribution >= 0.6 is 0 Å². The van der Waals surface area contributed by atoms with Gasteiger partial charge in [0.25, 0.3) is 0 Å². The molecule has 1 aliphatic carbocycles. The lowest BCUT2D eigenvalue weighted by atomic mass is 9.93. The summed E-state index contributed by atoms with van der Waals surface area (Å²) in [6, 6.07) is 17.3.